The van der Waals surface area contributed by atoms with Crippen LogP contribution in [0.15, 0.2) is 18.2 Å². The van der Waals surface area contributed by atoms with Gasteiger partial charge in [-0.25, -0.2) is 0 Å². The Morgan fingerprint density at radius 2 is 2.14 bits per heavy atom. The Kier molecular flexibility index (Phi) is 2.04. The van der Waals surface area contributed by atoms with E-state index in [1.807, 2.05) is 6.92 Å². The van der Waals surface area contributed by atoms with Crippen LogP contribution in [0, 0.1) is 5.92 Å². The summed E-state index contributed by atoms with van der Waals surface area (Å²) in [5, 5.41) is 19.3. The highest BCUT2D eigenvalue weighted by atomic mass is 16.3. The molecule has 3 nitrogen and oxygen atoms in total. The minimum Gasteiger partial charge on any atom is -0.507 e. The number of aliphatic hydroxyl groups excluding tert-OH is 1. The molecule has 0 saturated carbocycles. The largest absolute Gasteiger partial charge is 0.507 e. The van der Waals surface area contributed by atoms with Crippen LogP contribution in [-0.2, 0) is 0 Å². The van der Waals surface area contributed by atoms with Crippen molar-refractivity contribution < 1.29 is 15.0 Å². The van der Waals surface area contributed by atoms with Crippen LogP contribution in [-0.4, -0.2) is 16.0 Å². The van der Waals surface area contributed by atoms with E-state index in [9.17, 15) is 15.0 Å². The summed E-state index contributed by atoms with van der Waals surface area (Å²) < 4.78 is 0. The normalized spacial score (nSPS) is 26.0. The third-order valence-corrected chi connectivity index (χ3v) is 2.72. The molecule has 0 bridgehead atoms. The number of rotatable bonds is 0. The standard InChI is InChI=1S/C11H12O3/c1-6-5-9(13)10-7(11(6)14)3-2-4-8(10)12/h2-4,6,11-12,14H,5H2,1H3/t6-,11-/m1/s1. The van der Waals surface area contributed by atoms with Crippen molar-refractivity contribution in [3.05, 3.63) is 29.3 Å². The van der Waals surface area contributed by atoms with Gasteiger partial charge in [0.1, 0.15) is 5.75 Å². The van der Waals surface area contributed by atoms with E-state index in [0.717, 1.165) is 0 Å². The monoisotopic (exact) mass is 192 g/mol. The lowest BCUT2D eigenvalue weighted by molar-refractivity contribution is 0.0746. The summed E-state index contributed by atoms with van der Waals surface area (Å²) in [5.41, 5.74) is 0.840. The topological polar surface area (TPSA) is 57.5 Å². The van der Waals surface area contributed by atoms with E-state index in [1.165, 1.54) is 6.07 Å². The highest BCUT2D eigenvalue weighted by Crippen LogP contribution is 2.37. The van der Waals surface area contributed by atoms with Crippen LogP contribution in [0.25, 0.3) is 0 Å². The molecule has 14 heavy (non-hydrogen) atoms. The van der Waals surface area contributed by atoms with Crippen LogP contribution in [0.3, 0.4) is 0 Å². The van der Waals surface area contributed by atoms with Crippen molar-refractivity contribution in [2.45, 2.75) is 19.4 Å². The maximum absolute atomic E-state index is 11.6. The zero-order chi connectivity index (χ0) is 10.3. The summed E-state index contributed by atoms with van der Waals surface area (Å²) in [6, 6.07) is 4.80. The molecule has 0 aromatic heterocycles. The summed E-state index contributed by atoms with van der Waals surface area (Å²) in [5.74, 6) is -0.189. The molecule has 1 aromatic carbocycles. The van der Waals surface area contributed by atoms with E-state index >= 15 is 0 Å². The Morgan fingerprint density at radius 3 is 2.86 bits per heavy atom. The van der Waals surface area contributed by atoms with E-state index in [0.29, 0.717) is 12.0 Å². The molecule has 74 valence electrons. The second kappa shape index (κ2) is 3.10. The second-order valence-corrected chi connectivity index (χ2v) is 3.79. The number of aromatic hydroxyl groups is 1. The maximum Gasteiger partial charge on any atom is 0.167 e. The van der Waals surface area contributed by atoms with E-state index in [-0.39, 0.29) is 23.0 Å². The van der Waals surface area contributed by atoms with E-state index < -0.39 is 6.10 Å². The number of hydrogen-bond donors (Lipinski definition) is 2. The lowest BCUT2D eigenvalue weighted by Gasteiger charge is -2.26. The number of phenols is 1. The smallest absolute Gasteiger partial charge is 0.167 e. The Morgan fingerprint density at radius 1 is 1.43 bits per heavy atom. The van der Waals surface area contributed by atoms with Crippen molar-refractivity contribution >= 4 is 5.78 Å². The van der Waals surface area contributed by atoms with Crippen molar-refractivity contribution in [3.8, 4) is 5.75 Å². The predicted octanol–water partition coefficient (Wildman–Crippen LogP) is 1.65. The van der Waals surface area contributed by atoms with E-state index in [2.05, 4.69) is 0 Å². The molecule has 0 unspecified atom stereocenters. The van der Waals surface area contributed by atoms with Gasteiger partial charge < -0.3 is 10.2 Å². The molecule has 0 aliphatic heterocycles. The Labute approximate surface area is 82.0 Å². The Hall–Kier alpha value is -1.35. The van der Waals surface area contributed by atoms with Crippen LogP contribution in [0.2, 0.25) is 0 Å². The average molecular weight is 192 g/mol. The van der Waals surface area contributed by atoms with E-state index in [1.54, 1.807) is 12.1 Å². The third-order valence-electron chi connectivity index (χ3n) is 2.72. The van der Waals surface area contributed by atoms with Crippen molar-refractivity contribution in [2.24, 2.45) is 5.92 Å². The summed E-state index contributed by atoms with van der Waals surface area (Å²) in [7, 11) is 0. The fourth-order valence-corrected chi connectivity index (χ4v) is 1.92. The van der Waals surface area contributed by atoms with E-state index in [4.69, 9.17) is 0 Å². The van der Waals surface area contributed by atoms with Crippen molar-refractivity contribution in [2.75, 3.05) is 0 Å². The molecule has 0 amide bonds. The molecular weight excluding hydrogens is 180 g/mol. The molecule has 0 fully saturated rings. The quantitative estimate of drug-likeness (QED) is 0.657. The molecule has 0 radical (unpaired) electrons. The first-order valence-electron chi connectivity index (χ1n) is 4.64. The number of aliphatic hydroxyl groups is 1. The van der Waals surface area contributed by atoms with Gasteiger partial charge >= 0.3 is 0 Å². The first-order valence-corrected chi connectivity index (χ1v) is 4.64. The minimum atomic E-state index is -0.644. The number of carbonyl (C=O) groups is 1. The molecule has 0 spiro atoms. The van der Waals surface area contributed by atoms with Crippen molar-refractivity contribution in [3.63, 3.8) is 0 Å². The fourth-order valence-electron chi connectivity index (χ4n) is 1.92. The number of Topliss-reactive ketones (excluding diaryl/α,β-unsaturated/α-hetero) is 1. The molecule has 0 heterocycles. The highest BCUT2D eigenvalue weighted by molar-refractivity contribution is 6.01. The van der Waals surface area contributed by atoms with Gasteiger partial charge in [0.05, 0.1) is 11.7 Å². The van der Waals surface area contributed by atoms with Gasteiger partial charge in [0.15, 0.2) is 5.78 Å². The predicted molar refractivity (Wildman–Crippen MR) is 51.2 cm³/mol. The van der Waals surface area contributed by atoms with Gasteiger partial charge in [-0.05, 0) is 17.5 Å². The highest BCUT2D eigenvalue weighted by Gasteiger charge is 2.31. The average Bonchev–Trinajstić information content (AvgIpc) is 2.14. The lowest BCUT2D eigenvalue weighted by Crippen LogP contribution is -2.22. The van der Waals surface area contributed by atoms with Crippen LogP contribution in [0.1, 0.15) is 35.4 Å². The fraction of sp³-hybridized carbons (Fsp3) is 0.364. The molecular formula is C11H12O3. The summed E-state index contributed by atoms with van der Waals surface area (Å²) in [6.07, 6.45) is -0.346. The summed E-state index contributed by atoms with van der Waals surface area (Å²) in [4.78, 5) is 11.6. The van der Waals surface area contributed by atoms with Gasteiger partial charge in [0.2, 0.25) is 0 Å². The number of hydrogen-bond acceptors (Lipinski definition) is 3. The summed E-state index contributed by atoms with van der Waals surface area (Å²) >= 11 is 0. The van der Waals surface area contributed by atoms with Gasteiger partial charge in [-0.1, -0.05) is 19.1 Å². The first-order chi connectivity index (χ1) is 6.61. The maximum atomic E-state index is 11.6. The number of phenolic OH excluding ortho intramolecular Hbond substituents is 1. The number of ketones is 1. The molecule has 1 aliphatic rings. The number of benzene rings is 1. The van der Waals surface area contributed by atoms with Gasteiger partial charge in [-0.2, -0.15) is 0 Å². The zero-order valence-corrected chi connectivity index (χ0v) is 7.90. The molecule has 2 atom stereocenters. The summed E-state index contributed by atoms with van der Waals surface area (Å²) in [6.45, 7) is 1.83. The molecule has 1 aliphatic carbocycles. The third kappa shape index (κ3) is 1.21. The van der Waals surface area contributed by atoms with Crippen LogP contribution < -0.4 is 0 Å². The Bertz CT molecular complexity index is 384. The number of fused-ring (bicyclic) bond motifs is 1. The number of carbonyl (C=O) groups excluding carboxylic acids is 1. The molecule has 1 aromatic rings. The second-order valence-electron chi connectivity index (χ2n) is 3.79. The van der Waals surface area contributed by atoms with Gasteiger partial charge in [0, 0.05) is 6.42 Å². The van der Waals surface area contributed by atoms with Gasteiger partial charge in [0.25, 0.3) is 0 Å². The zero-order valence-electron chi connectivity index (χ0n) is 7.90. The lowest BCUT2D eigenvalue weighted by atomic mass is 9.81. The first kappa shape index (κ1) is 9.21. The van der Waals surface area contributed by atoms with Gasteiger partial charge in [-0.15, -0.1) is 0 Å². The Balaban J connectivity index is 2.61. The SMILES string of the molecule is C[C@@H]1CC(=O)c2c(O)cccc2[C@@H]1O. The van der Waals surface area contributed by atoms with Crippen LogP contribution in [0.5, 0.6) is 5.75 Å². The van der Waals surface area contributed by atoms with Gasteiger partial charge in [-0.3, -0.25) is 4.79 Å². The van der Waals surface area contributed by atoms with Crippen LogP contribution >= 0.6 is 0 Å². The van der Waals surface area contributed by atoms with Crippen molar-refractivity contribution in [1.82, 2.24) is 0 Å². The molecule has 2 rings (SSSR count). The van der Waals surface area contributed by atoms with Crippen molar-refractivity contribution in [1.29, 1.82) is 0 Å². The molecule has 3 heteroatoms. The molecule has 2 N–H and O–H groups in total. The molecule has 0 saturated heterocycles. The van der Waals surface area contributed by atoms with Crippen LogP contribution in [0.4, 0.5) is 0 Å². The minimum absolute atomic E-state index is 0.0292.